The number of ether oxygens (including phenoxy) is 2. The summed E-state index contributed by atoms with van der Waals surface area (Å²) >= 11 is 0. The van der Waals surface area contributed by atoms with E-state index in [9.17, 15) is 4.79 Å². The van der Waals surface area contributed by atoms with E-state index < -0.39 is 5.91 Å². The zero-order chi connectivity index (χ0) is 17.4. The molecule has 0 saturated carbocycles. The zero-order valence-electron chi connectivity index (χ0n) is 14.6. The average molecular weight is 466 g/mol. The average Bonchev–Trinajstić information content (AvgIpc) is 3.22. The largest absolute Gasteiger partial charge is 0.454 e. The minimum atomic E-state index is -0.586. The van der Waals surface area contributed by atoms with Crippen molar-refractivity contribution in [1.29, 1.82) is 0 Å². The Kier molecular flexibility index (Phi) is 9.83. The fraction of sp³-hybridized carbons (Fsp3) is 0.625. The molecule has 2 rings (SSSR count). The number of rotatable bonds is 8. The first-order chi connectivity index (χ1) is 11.6. The molecule has 1 saturated heterocycles. The van der Waals surface area contributed by atoms with Crippen molar-refractivity contribution >= 4 is 35.8 Å². The van der Waals surface area contributed by atoms with Gasteiger partial charge in [-0.15, -0.1) is 24.0 Å². The fourth-order valence-corrected chi connectivity index (χ4v) is 2.27. The van der Waals surface area contributed by atoms with E-state index in [4.69, 9.17) is 19.6 Å². The fourth-order valence-electron chi connectivity index (χ4n) is 2.27. The number of hydrogen-bond acceptors (Lipinski definition) is 5. The molecule has 25 heavy (non-hydrogen) atoms. The number of guanidine groups is 1. The van der Waals surface area contributed by atoms with Gasteiger partial charge in [0, 0.05) is 19.2 Å². The lowest BCUT2D eigenvalue weighted by Crippen LogP contribution is -2.44. The Morgan fingerprint density at radius 2 is 2.32 bits per heavy atom. The van der Waals surface area contributed by atoms with Crippen molar-refractivity contribution < 1.29 is 18.7 Å². The zero-order valence-corrected chi connectivity index (χ0v) is 16.9. The summed E-state index contributed by atoms with van der Waals surface area (Å²) in [7, 11) is 0. The van der Waals surface area contributed by atoms with Crippen molar-refractivity contribution in [2.75, 3.05) is 26.4 Å². The van der Waals surface area contributed by atoms with Crippen LogP contribution < -0.4 is 16.4 Å². The van der Waals surface area contributed by atoms with Gasteiger partial charge in [0.15, 0.2) is 11.7 Å². The second kappa shape index (κ2) is 11.3. The Bertz CT molecular complexity index is 558. The summed E-state index contributed by atoms with van der Waals surface area (Å²) in [5, 5.41) is 6.45. The highest BCUT2D eigenvalue weighted by atomic mass is 127. The molecule has 142 valence electrons. The van der Waals surface area contributed by atoms with Crippen LogP contribution in [-0.4, -0.2) is 50.4 Å². The lowest BCUT2D eigenvalue weighted by atomic mass is 10.3. The number of furan rings is 1. The smallest absolute Gasteiger partial charge is 0.284 e. The first-order valence-electron chi connectivity index (χ1n) is 8.21. The van der Waals surface area contributed by atoms with Gasteiger partial charge in [-0.1, -0.05) is 0 Å². The van der Waals surface area contributed by atoms with Crippen LogP contribution in [0.15, 0.2) is 21.5 Å². The number of halogens is 1. The molecule has 2 atom stereocenters. The Morgan fingerprint density at radius 1 is 1.52 bits per heavy atom. The molecular weight excluding hydrogens is 439 g/mol. The van der Waals surface area contributed by atoms with Gasteiger partial charge in [-0.2, -0.15) is 0 Å². The monoisotopic (exact) mass is 466 g/mol. The van der Waals surface area contributed by atoms with Crippen molar-refractivity contribution in [3.63, 3.8) is 0 Å². The summed E-state index contributed by atoms with van der Waals surface area (Å²) in [6, 6.07) is 3.34. The van der Waals surface area contributed by atoms with E-state index in [2.05, 4.69) is 15.6 Å². The highest BCUT2D eigenvalue weighted by Gasteiger charge is 2.17. The van der Waals surface area contributed by atoms with Crippen LogP contribution in [0.2, 0.25) is 0 Å². The molecule has 0 spiro atoms. The van der Waals surface area contributed by atoms with Crippen molar-refractivity contribution in [2.24, 2.45) is 10.7 Å². The van der Waals surface area contributed by atoms with Gasteiger partial charge in [0.05, 0.1) is 19.3 Å². The summed E-state index contributed by atoms with van der Waals surface area (Å²) < 4.78 is 16.4. The number of primary amides is 1. The van der Waals surface area contributed by atoms with E-state index in [-0.39, 0.29) is 41.9 Å². The Hall–Kier alpha value is -1.33. The van der Waals surface area contributed by atoms with Gasteiger partial charge in [0.25, 0.3) is 5.91 Å². The van der Waals surface area contributed by atoms with E-state index in [1.54, 1.807) is 12.1 Å². The van der Waals surface area contributed by atoms with Crippen molar-refractivity contribution in [3.05, 3.63) is 23.7 Å². The summed E-state index contributed by atoms with van der Waals surface area (Å²) in [5.41, 5.74) is 5.17. The molecule has 2 heterocycles. The first-order valence-corrected chi connectivity index (χ1v) is 8.21. The van der Waals surface area contributed by atoms with Gasteiger partial charge < -0.3 is 30.3 Å². The van der Waals surface area contributed by atoms with E-state index in [1.165, 1.54) is 0 Å². The lowest BCUT2D eigenvalue weighted by Gasteiger charge is -2.19. The molecule has 1 aromatic heterocycles. The first kappa shape index (κ1) is 21.7. The van der Waals surface area contributed by atoms with Crippen LogP contribution in [0.3, 0.4) is 0 Å². The highest BCUT2D eigenvalue weighted by Crippen LogP contribution is 2.09. The number of nitrogens with one attached hydrogen (secondary N) is 2. The highest BCUT2D eigenvalue weighted by molar-refractivity contribution is 14.0. The number of carbonyl (C=O) groups is 1. The maximum absolute atomic E-state index is 11.0. The van der Waals surface area contributed by atoms with Gasteiger partial charge in [-0.25, -0.2) is 4.99 Å². The number of aliphatic imine (C=N–C) groups is 1. The Labute approximate surface area is 164 Å². The number of nitrogens with zero attached hydrogens (tertiary/aromatic N) is 1. The van der Waals surface area contributed by atoms with E-state index >= 15 is 0 Å². The predicted molar refractivity (Wildman–Crippen MR) is 105 cm³/mol. The molecule has 1 aliphatic rings. The Morgan fingerprint density at radius 3 is 2.92 bits per heavy atom. The van der Waals surface area contributed by atoms with E-state index in [1.807, 2.05) is 13.8 Å². The van der Waals surface area contributed by atoms with Crippen LogP contribution in [0, 0.1) is 0 Å². The van der Waals surface area contributed by atoms with Gasteiger partial charge >= 0.3 is 0 Å². The van der Waals surface area contributed by atoms with Crippen molar-refractivity contribution in [2.45, 2.75) is 39.0 Å². The van der Waals surface area contributed by atoms with Crippen LogP contribution >= 0.6 is 24.0 Å². The maximum Gasteiger partial charge on any atom is 0.284 e. The molecule has 0 aromatic carbocycles. The predicted octanol–water partition coefficient (Wildman–Crippen LogP) is 1.25. The lowest BCUT2D eigenvalue weighted by molar-refractivity contribution is 0.0347. The summed E-state index contributed by atoms with van der Waals surface area (Å²) in [6.45, 7) is 7.08. The number of hydrogen-bond donors (Lipinski definition) is 3. The van der Waals surface area contributed by atoms with E-state index in [0.717, 1.165) is 19.6 Å². The third-order valence-electron chi connectivity index (χ3n) is 3.49. The Balaban J connectivity index is 0.00000312. The minimum absolute atomic E-state index is 0. The molecule has 4 N–H and O–H groups in total. The van der Waals surface area contributed by atoms with E-state index in [0.29, 0.717) is 31.5 Å². The summed E-state index contributed by atoms with van der Waals surface area (Å²) in [4.78, 5) is 15.5. The van der Waals surface area contributed by atoms with Crippen LogP contribution in [0.5, 0.6) is 0 Å². The second-order valence-corrected chi connectivity index (χ2v) is 5.69. The SMILES string of the molecule is CCNC(=NCc1ccc(C(N)=O)o1)NC(C)COC1CCOC1.I. The molecule has 0 radical (unpaired) electrons. The topological polar surface area (TPSA) is 111 Å². The molecule has 1 amide bonds. The minimum Gasteiger partial charge on any atom is -0.454 e. The number of nitrogens with two attached hydrogens (primary N) is 1. The third kappa shape index (κ3) is 7.61. The molecular formula is C16H27IN4O4. The van der Waals surface area contributed by atoms with Crippen LogP contribution in [0.4, 0.5) is 0 Å². The normalized spacial score (nSPS) is 18.5. The number of amides is 1. The van der Waals surface area contributed by atoms with Gasteiger partial charge in [-0.3, -0.25) is 4.79 Å². The van der Waals surface area contributed by atoms with Gasteiger partial charge in [0.2, 0.25) is 0 Å². The summed E-state index contributed by atoms with van der Waals surface area (Å²) in [5.74, 6) is 0.789. The van der Waals surface area contributed by atoms with Crippen LogP contribution in [0.25, 0.3) is 0 Å². The van der Waals surface area contributed by atoms with Gasteiger partial charge in [-0.05, 0) is 32.4 Å². The summed E-state index contributed by atoms with van der Waals surface area (Å²) in [6.07, 6.45) is 1.13. The molecule has 1 aromatic rings. The van der Waals surface area contributed by atoms with Gasteiger partial charge in [0.1, 0.15) is 12.3 Å². The molecule has 9 heteroatoms. The molecule has 8 nitrogen and oxygen atoms in total. The van der Waals surface area contributed by atoms with Crippen LogP contribution in [0.1, 0.15) is 36.6 Å². The van der Waals surface area contributed by atoms with Crippen molar-refractivity contribution in [3.8, 4) is 0 Å². The standard InChI is InChI=1S/C16H26N4O4.HI/c1-3-18-16(19-8-12-4-5-14(24-12)15(17)21)20-11(2)9-23-13-6-7-22-10-13;/h4-5,11,13H,3,6-10H2,1-2H3,(H2,17,21)(H2,18,19,20);1H. The van der Waals surface area contributed by atoms with Crippen molar-refractivity contribution in [1.82, 2.24) is 10.6 Å². The maximum atomic E-state index is 11.0. The molecule has 0 aliphatic carbocycles. The second-order valence-electron chi connectivity index (χ2n) is 5.69. The molecule has 2 unspecified atom stereocenters. The van der Waals surface area contributed by atoms with Crippen LogP contribution in [-0.2, 0) is 16.0 Å². The quantitative estimate of drug-likeness (QED) is 0.302. The number of carbonyl (C=O) groups excluding carboxylic acids is 1. The third-order valence-corrected chi connectivity index (χ3v) is 3.49. The molecule has 1 fully saturated rings. The molecule has 0 bridgehead atoms. The molecule has 1 aliphatic heterocycles.